The van der Waals surface area contributed by atoms with E-state index in [1.54, 1.807) is 39.0 Å². The first-order valence-corrected chi connectivity index (χ1v) is 8.87. The number of halogens is 1. The van der Waals surface area contributed by atoms with Crippen LogP contribution in [-0.4, -0.2) is 33.3 Å². The van der Waals surface area contributed by atoms with Gasteiger partial charge >= 0.3 is 5.97 Å². The van der Waals surface area contributed by atoms with Gasteiger partial charge in [0.1, 0.15) is 6.04 Å². The number of rotatable bonds is 6. The average molecular weight is 334 g/mol. The van der Waals surface area contributed by atoms with Crippen LogP contribution >= 0.6 is 11.6 Å². The molecule has 0 amide bonds. The predicted molar refractivity (Wildman–Crippen MR) is 84.2 cm³/mol. The molecule has 7 heteroatoms. The summed E-state index contributed by atoms with van der Waals surface area (Å²) in [6.07, 6.45) is 1.37. The van der Waals surface area contributed by atoms with Gasteiger partial charge in [-0.25, -0.2) is 13.2 Å². The van der Waals surface area contributed by atoms with E-state index in [0.717, 1.165) is 10.6 Å². The largest absolute Gasteiger partial charge is 0.464 e. The van der Waals surface area contributed by atoms with Crippen molar-refractivity contribution in [3.05, 3.63) is 28.8 Å². The number of nitrogens with zero attached hydrogens (tertiary/aromatic N) is 1. The highest BCUT2D eigenvalue weighted by molar-refractivity contribution is 7.92. The summed E-state index contributed by atoms with van der Waals surface area (Å²) in [6.45, 7) is 5.38. The maximum absolute atomic E-state index is 12.2. The normalized spacial score (nSPS) is 12.8. The molecule has 1 aromatic carbocycles. The van der Waals surface area contributed by atoms with Crippen LogP contribution in [0.25, 0.3) is 0 Å². The standard InChI is InChI=1S/C14H20ClNO4S/c1-5-12(14(17)20-6-2)16(21(4,18)19)13-9-11(15)8-7-10(13)3/h7-9,12H,5-6H2,1-4H3/t12-/m1/s1. The van der Waals surface area contributed by atoms with Gasteiger partial charge in [-0.1, -0.05) is 24.6 Å². The first-order chi connectivity index (χ1) is 9.72. The smallest absolute Gasteiger partial charge is 0.329 e. The third kappa shape index (κ3) is 4.35. The summed E-state index contributed by atoms with van der Waals surface area (Å²) in [4.78, 5) is 12.1. The maximum Gasteiger partial charge on any atom is 0.329 e. The molecule has 0 unspecified atom stereocenters. The highest BCUT2D eigenvalue weighted by Gasteiger charge is 2.33. The Bertz CT molecular complexity index is 615. The number of ether oxygens (including phenoxy) is 1. The van der Waals surface area contributed by atoms with Crippen LogP contribution < -0.4 is 4.31 Å². The monoisotopic (exact) mass is 333 g/mol. The van der Waals surface area contributed by atoms with Crippen LogP contribution in [0.1, 0.15) is 25.8 Å². The summed E-state index contributed by atoms with van der Waals surface area (Å²) in [5.74, 6) is -0.565. The molecule has 0 bridgehead atoms. The first-order valence-electron chi connectivity index (χ1n) is 6.64. The summed E-state index contributed by atoms with van der Waals surface area (Å²) in [5.41, 5.74) is 1.11. The summed E-state index contributed by atoms with van der Waals surface area (Å²) < 4.78 is 30.4. The van der Waals surface area contributed by atoms with Crippen molar-refractivity contribution < 1.29 is 17.9 Å². The molecule has 21 heavy (non-hydrogen) atoms. The van der Waals surface area contributed by atoms with Gasteiger partial charge in [-0.05, 0) is 38.0 Å². The van der Waals surface area contributed by atoms with E-state index in [1.807, 2.05) is 0 Å². The molecular weight excluding hydrogens is 314 g/mol. The fourth-order valence-corrected chi connectivity index (χ4v) is 3.48. The lowest BCUT2D eigenvalue weighted by Crippen LogP contribution is -2.45. The Morgan fingerprint density at radius 3 is 2.48 bits per heavy atom. The Labute approximate surface area is 130 Å². The topological polar surface area (TPSA) is 63.7 Å². The van der Waals surface area contributed by atoms with Gasteiger partial charge in [0.2, 0.25) is 10.0 Å². The molecule has 1 aromatic rings. The van der Waals surface area contributed by atoms with Gasteiger partial charge in [0.25, 0.3) is 0 Å². The number of carbonyl (C=O) groups excluding carboxylic acids is 1. The fourth-order valence-electron chi connectivity index (χ4n) is 2.06. The maximum atomic E-state index is 12.2. The summed E-state index contributed by atoms with van der Waals surface area (Å²) in [7, 11) is -3.66. The van der Waals surface area contributed by atoms with Gasteiger partial charge in [0, 0.05) is 5.02 Å². The van der Waals surface area contributed by atoms with Crippen LogP contribution in [0.5, 0.6) is 0 Å². The summed E-state index contributed by atoms with van der Waals surface area (Å²) in [5, 5.41) is 0.406. The lowest BCUT2D eigenvalue weighted by molar-refractivity contribution is -0.144. The molecule has 0 radical (unpaired) electrons. The first kappa shape index (κ1) is 17.8. The molecular formula is C14H20ClNO4S. The molecule has 118 valence electrons. The zero-order chi connectivity index (χ0) is 16.2. The van der Waals surface area contributed by atoms with Crippen molar-refractivity contribution in [2.24, 2.45) is 0 Å². The van der Waals surface area contributed by atoms with Gasteiger partial charge in [0.15, 0.2) is 0 Å². The molecule has 0 heterocycles. The highest BCUT2D eigenvalue weighted by atomic mass is 35.5. The van der Waals surface area contributed by atoms with E-state index in [-0.39, 0.29) is 6.61 Å². The Morgan fingerprint density at radius 1 is 1.38 bits per heavy atom. The molecule has 0 spiro atoms. The molecule has 5 nitrogen and oxygen atoms in total. The van der Waals surface area contributed by atoms with Crippen molar-refractivity contribution >= 4 is 33.3 Å². The second kappa shape index (κ2) is 7.13. The number of hydrogen-bond donors (Lipinski definition) is 0. The number of aryl methyl sites for hydroxylation is 1. The van der Waals surface area contributed by atoms with Crippen LogP contribution in [0.2, 0.25) is 5.02 Å². The van der Waals surface area contributed by atoms with E-state index < -0.39 is 22.0 Å². The van der Waals surface area contributed by atoms with Gasteiger partial charge in [-0.15, -0.1) is 0 Å². The van der Waals surface area contributed by atoms with E-state index in [1.165, 1.54) is 0 Å². The number of sulfonamides is 1. The predicted octanol–water partition coefficient (Wildman–Crippen LogP) is 2.76. The number of anilines is 1. The van der Waals surface area contributed by atoms with Crippen LogP contribution in [0.15, 0.2) is 18.2 Å². The minimum atomic E-state index is -3.66. The molecule has 0 aromatic heterocycles. The summed E-state index contributed by atoms with van der Waals surface area (Å²) in [6, 6.07) is 4.02. The Kier molecular flexibility index (Phi) is 6.04. The van der Waals surface area contributed by atoms with E-state index in [0.29, 0.717) is 22.7 Å². The zero-order valence-electron chi connectivity index (χ0n) is 12.6. The van der Waals surface area contributed by atoms with Crippen molar-refractivity contribution in [3.63, 3.8) is 0 Å². The molecule has 0 aliphatic rings. The van der Waals surface area contributed by atoms with Crippen LogP contribution in [0, 0.1) is 6.92 Å². The van der Waals surface area contributed by atoms with Crippen molar-refractivity contribution in [1.29, 1.82) is 0 Å². The Hall–Kier alpha value is -1.27. The van der Waals surface area contributed by atoms with Crippen molar-refractivity contribution in [3.8, 4) is 0 Å². The third-order valence-corrected chi connectivity index (χ3v) is 4.40. The van der Waals surface area contributed by atoms with E-state index in [2.05, 4.69) is 0 Å². The second-order valence-electron chi connectivity index (χ2n) is 4.67. The lowest BCUT2D eigenvalue weighted by atomic mass is 10.1. The molecule has 1 atom stereocenters. The zero-order valence-corrected chi connectivity index (χ0v) is 14.2. The third-order valence-electron chi connectivity index (χ3n) is 2.99. The highest BCUT2D eigenvalue weighted by Crippen LogP contribution is 2.29. The lowest BCUT2D eigenvalue weighted by Gasteiger charge is -2.30. The number of benzene rings is 1. The average Bonchev–Trinajstić information content (AvgIpc) is 2.37. The molecule has 0 saturated carbocycles. The van der Waals surface area contributed by atoms with E-state index in [9.17, 15) is 13.2 Å². The van der Waals surface area contributed by atoms with E-state index >= 15 is 0 Å². The summed E-state index contributed by atoms with van der Waals surface area (Å²) >= 11 is 5.96. The van der Waals surface area contributed by atoms with Crippen LogP contribution in [0.4, 0.5) is 5.69 Å². The van der Waals surface area contributed by atoms with Gasteiger partial charge in [-0.2, -0.15) is 0 Å². The molecule has 0 N–H and O–H groups in total. The van der Waals surface area contributed by atoms with Gasteiger partial charge in [-0.3, -0.25) is 4.31 Å². The number of hydrogen-bond acceptors (Lipinski definition) is 4. The van der Waals surface area contributed by atoms with Crippen molar-refractivity contribution in [2.45, 2.75) is 33.2 Å². The Morgan fingerprint density at radius 2 is 2.00 bits per heavy atom. The minimum absolute atomic E-state index is 0.196. The number of esters is 1. The number of carbonyl (C=O) groups is 1. The molecule has 1 rings (SSSR count). The fraction of sp³-hybridized carbons (Fsp3) is 0.500. The SMILES string of the molecule is CCOC(=O)[C@@H](CC)N(c1cc(Cl)ccc1C)S(C)(=O)=O. The molecule has 0 aliphatic heterocycles. The van der Waals surface area contributed by atoms with Gasteiger partial charge < -0.3 is 4.74 Å². The molecule has 0 saturated heterocycles. The van der Waals surface area contributed by atoms with Crippen LogP contribution in [-0.2, 0) is 19.6 Å². The van der Waals surface area contributed by atoms with E-state index in [4.69, 9.17) is 16.3 Å². The second-order valence-corrected chi connectivity index (χ2v) is 6.96. The van der Waals surface area contributed by atoms with Crippen LogP contribution in [0.3, 0.4) is 0 Å². The van der Waals surface area contributed by atoms with Crippen molar-refractivity contribution in [2.75, 3.05) is 17.2 Å². The Balaban J connectivity index is 3.42. The molecule has 0 aliphatic carbocycles. The van der Waals surface area contributed by atoms with Crippen molar-refractivity contribution in [1.82, 2.24) is 0 Å². The molecule has 0 fully saturated rings. The van der Waals surface area contributed by atoms with Gasteiger partial charge in [0.05, 0.1) is 18.6 Å². The minimum Gasteiger partial charge on any atom is -0.464 e. The quantitative estimate of drug-likeness (QED) is 0.751.